The molecule has 4 aromatic carbocycles. The molecule has 0 radical (unpaired) electrons. The molecule has 0 aromatic heterocycles. The van der Waals surface area contributed by atoms with E-state index in [-0.39, 0.29) is 22.7 Å². The van der Waals surface area contributed by atoms with Crippen molar-refractivity contribution < 1.29 is 14.6 Å². The molecule has 9 nitrogen and oxygen atoms in total. The molecule has 0 unspecified atom stereocenters. The molecule has 164 valence electrons. The minimum atomic E-state index is -0.661. The van der Waals surface area contributed by atoms with Gasteiger partial charge in [0.1, 0.15) is 5.69 Å². The van der Waals surface area contributed by atoms with Crippen molar-refractivity contribution in [3.05, 3.63) is 110 Å². The Hall–Kier alpha value is -4.79. The Morgan fingerprint density at radius 2 is 1.42 bits per heavy atom. The summed E-state index contributed by atoms with van der Waals surface area (Å²) in [5.74, 6) is -0.293. The topological polar surface area (TPSA) is 127 Å². The predicted octanol–water partition coefficient (Wildman–Crippen LogP) is 5.96. The Bertz CT molecular complexity index is 1400. The molecule has 0 atom stereocenters. The first kappa shape index (κ1) is 21.4. The zero-order valence-electron chi connectivity index (χ0n) is 17.4. The highest BCUT2D eigenvalue weighted by Gasteiger charge is 2.25. The quantitative estimate of drug-likeness (QED) is 0.280. The number of amides is 1. The van der Waals surface area contributed by atoms with Gasteiger partial charge in [-0.1, -0.05) is 30.3 Å². The van der Waals surface area contributed by atoms with Gasteiger partial charge in [0.15, 0.2) is 0 Å². The Labute approximate surface area is 188 Å². The van der Waals surface area contributed by atoms with Crippen LogP contribution in [-0.4, -0.2) is 15.8 Å². The van der Waals surface area contributed by atoms with Crippen LogP contribution in [0.25, 0.3) is 10.8 Å². The molecule has 0 saturated heterocycles. The number of aryl methyl sites for hydroxylation is 1. The number of nitro benzene ring substituents is 2. The molecule has 1 amide bonds. The number of nitro groups is 2. The van der Waals surface area contributed by atoms with E-state index in [1.165, 1.54) is 0 Å². The van der Waals surface area contributed by atoms with Gasteiger partial charge in [0.2, 0.25) is 0 Å². The van der Waals surface area contributed by atoms with Gasteiger partial charge in [-0.05, 0) is 55.0 Å². The highest BCUT2D eigenvalue weighted by molar-refractivity contribution is 6.06. The van der Waals surface area contributed by atoms with Crippen LogP contribution in [0.15, 0.2) is 78.9 Å². The van der Waals surface area contributed by atoms with Crippen molar-refractivity contribution in [2.45, 2.75) is 6.92 Å². The zero-order chi connectivity index (χ0) is 23.5. The van der Waals surface area contributed by atoms with E-state index in [1.54, 1.807) is 54.6 Å². The second-order valence-electron chi connectivity index (χ2n) is 7.38. The maximum Gasteiger partial charge on any atom is 0.300 e. The molecule has 9 heteroatoms. The van der Waals surface area contributed by atoms with Gasteiger partial charge in [-0.2, -0.15) is 0 Å². The highest BCUT2D eigenvalue weighted by Crippen LogP contribution is 2.40. The van der Waals surface area contributed by atoms with Crippen LogP contribution in [0.4, 0.5) is 28.4 Å². The molecule has 2 N–H and O–H groups in total. The van der Waals surface area contributed by atoms with Crippen molar-refractivity contribution in [1.29, 1.82) is 0 Å². The molecule has 33 heavy (non-hydrogen) atoms. The van der Waals surface area contributed by atoms with E-state index in [9.17, 15) is 25.0 Å². The van der Waals surface area contributed by atoms with Gasteiger partial charge in [-0.15, -0.1) is 0 Å². The summed E-state index contributed by atoms with van der Waals surface area (Å²) < 4.78 is 0. The van der Waals surface area contributed by atoms with Crippen molar-refractivity contribution in [3.8, 4) is 0 Å². The van der Waals surface area contributed by atoms with Gasteiger partial charge < -0.3 is 10.6 Å². The van der Waals surface area contributed by atoms with Crippen molar-refractivity contribution >= 4 is 45.1 Å². The third kappa shape index (κ3) is 4.47. The third-order valence-electron chi connectivity index (χ3n) is 5.09. The molecular formula is C24H18N4O5. The van der Waals surface area contributed by atoms with Crippen LogP contribution in [-0.2, 0) is 0 Å². The lowest BCUT2D eigenvalue weighted by molar-refractivity contribution is -0.392. The zero-order valence-corrected chi connectivity index (χ0v) is 17.4. The smallest absolute Gasteiger partial charge is 0.300 e. The highest BCUT2D eigenvalue weighted by atomic mass is 16.6. The van der Waals surface area contributed by atoms with E-state index in [1.807, 2.05) is 25.1 Å². The van der Waals surface area contributed by atoms with E-state index in [0.717, 1.165) is 11.6 Å². The van der Waals surface area contributed by atoms with E-state index >= 15 is 0 Å². The summed E-state index contributed by atoms with van der Waals surface area (Å²) in [5, 5.41) is 29.5. The number of nitrogens with zero attached hydrogens (tertiary/aromatic N) is 2. The molecule has 0 spiro atoms. The average molecular weight is 442 g/mol. The van der Waals surface area contributed by atoms with Gasteiger partial charge in [-0.3, -0.25) is 25.0 Å². The van der Waals surface area contributed by atoms with Crippen LogP contribution in [0.2, 0.25) is 0 Å². The van der Waals surface area contributed by atoms with Crippen LogP contribution >= 0.6 is 0 Å². The molecule has 0 bridgehead atoms. The summed E-state index contributed by atoms with van der Waals surface area (Å²) in [7, 11) is 0. The molecule has 4 aromatic rings. The number of hydrogen-bond donors (Lipinski definition) is 2. The number of fused-ring (bicyclic) bond motifs is 1. The fourth-order valence-corrected chi connectivity index (χ4v) is 3.54. The summed E-state index contributed by atoms with van der Waals surface area (Å²) in [5.41, 5.74) is 1.97. The second kappa shape index (κ2) is 8.75. The Morgan fingerprint density at radius 1 is 0.758 bits per heavy atom. The summed E-state index contributed by atoms with van der Waals surface area (Å²) in [6.07, 6.45) is 0. The third-order valence-corrected chi connectivity index (χ3v) is 5.09. The van der Waals surface area contributed by atoms with Crippen LogP contribution in [0.1, 0.15) is 15.9 Å². The summed E-state index contributed by atoms with van der Waals surface area (Å²) in [6.45, 7) is 1.93. The van der Waals surface area contributed by atoms with E-state index in [0.29, 0.717) is 22.3 Å². The maximum atomic E-state index is 12.5. The number of anilines is 3. The van der Waals surface area contributed by atoms with E-state index < -0.39 is 15.5 Å². The average Bonchev–Trinajstić information content (AvgIpc) is 2.79. The van der Waals surface area contributed by atoms with E-state index in [2.05, 4.69) is 10.6 Å². The molecule has 0 aliphatic rings. The van der Waals surface area contributed by atoms with Crippen molar-refractivity contribution in [2.75, 3.05) is 10.6 Å². The minimum Gasteiger partial charge on any atom is -0.349 e. The summed E-state index contributed by atoms with van der Waals surface area (Å²) >= 11 is 0. The van der Waals surface area contributed by atoms with Gasteiger partial charge in [0, 0.05) is 22.3 Å². The standard InChI is InChI=1S/C24H18N4O5/c1-15-5-4-6-18(13-15)26-24(29)16-9-11-17(12-10-16)25-23-20-8-3-2-7-19(20)21(27(30)31)14-22(23)28(32)33/h2-14,25H,1H3,(H,26,29). The first-order valence-electron chi connectivity index (χ1n) is 9.93. The first-order chi connectivity index (χ1) is 15.8. The molecule has 0 aliphatic carbocycles. The van der Waals surface area contributed by atoms with Crippen molar-refractivity contribution in [3.63, 3.8) is 0 Å². The number of rotatable bonds is 6. The fourth-order valence-electron chi connectivity index (χ4n) is 3.54. The number of carbonyl (C=O) groups is 1. The number of non-ortho nitro benzene ring substituents is 1. The lowest BCUT2D eigenvalue weighted by Crippen LogP contribution is -2.11. The van der Waals surface area contributed by atoms with Gasteiger partial charge in [-0.25, -0.2) is 0 Å². The number of benzene rings is 4. The van der Waals surface area contributed by atoms with Gasteiger partial charge in [0.05, 0.1) is 21.3 Å². The predicted molar refractivity (Wildman–Crippen MR) is 126 cm³/mol. The van der Waals surface area contributed by atoms with Crippen LogP contribution in [0, 0.1) is 27.2 Å². The molecule has 0 fully saturated rings. The number of carbonyl (C=O) groups excluding carboxylic acids is 1. The van der Waals surface area contributed by atoms with Crippen LogP contribution in [0.5, 0.6) is 0 Å². The fraction of sp³-hybridized carbons (Fsp3) is 0.0417. The molecule has 0 aliphatic heterocycles. The molecule has 0 heterocycles. The van der Waals surface area contributed by atoms with Gasteiger partial charge in [0.25, 0.3) is 17.3 Å². The lowest BCUT2D eigenvalue weighted by Gasteiger charge is -2.12. The Kier molecular flexibility index (Phi) is 5.69. The Morgan fingerprint density at radius 3 is 2.06 bits per heavy atom. The van der Waals surface area contributed by atoms with Crippen LogP contribution < -0.4 is 10.6 Å². The first-order valence-corrected chi connectivity index (χ1v) is 9.93. The lowest BCUT2D eigenvalue weighted by atomic mass is 10.0. The summed E-state index contributed by atoms with van der Waals surface area (Å²) in [6, 6.07) is 21.2. The number of nitrogens with one attached hydrogen (secondary N) is 2. The van der Waals surface area contributed by atoms with Crippen molar-refractivity contribution in [2.24, 2.45) is 0 Å². The van der Waals surface area contributed by atoms with E-state index in [4.69, 9.17) is 0 Å². The maximum absolute atomic E-state index is 12.5. The van der Waals surface area contributed by atoms with Crippen LogP contribution in [0.3, 0.4) is 0 Å². The normalized spacial score (nSPS) is 10.6. The molecule has 4 rings (SSSR count). The molecular weight excluding hydrogens is 424 g/mol. The number of hydrogen-bond acceptors (Lipinski definition) is 6. The largest absolute Gasteiger partial charge is 0.349 e. The second-order valence-corrected chi connectivity index (χ2v) is 7.38. The monoisotopic (exact) mass is 442 g/mol. The minimum absolute atomic E-state index is 0.137. The SMILES string of the molecule is Cc1cccc(NC(=O)c2ccc(Nc3c([N+](=O)[O-])cc([N+](=O)[O-])c4ccccc34)cc2)c1. The summed E-state index contributed by atoms with van der Waals surface area (Å²) in [4.78, 5) is 34.3. The van der Waals surface area contributed by atoms with Gasteiger partial charge >= 0.3 is 0 Å². The van der Waals surface area contributed by atoms with Crippen molar-refractivity contribution in [1.82, 2.24) is 0 Å². The molecule has 0 saturated carbocycles. The Balaban J connectivity index is 1.65.